The summed E-state index contributed by atoms with van der Waals surface area (Å²) in [7, 11) is 0. The minimum absolute atomic E-state index is 0.344. The van der Waals surface area contributed by atoms with Gasteiger partial charge >= 0.3 is 11.9 Å². The summed E-state index contributed by atoms with van der Waals surface area (Å²) in [6, 6.07) is 2.28. The number of carbonyl (C=O) groups excluding carboxylic acids is 1. The number of likely N-dealkylation sites (tertiary alicyclic amines) is 1. The van der Waals surface area contributed by atoms with Crippen LogP contribution in [0.3, 0.4) is 0 Å². The SMILES string of the molecule is CC(CCc1ccncc1)N1C(=O)C2C(C(=O)O)C3CCC2(O3)C1C(=O)O. The van der Waals surface area contributed by atoms with Crippen LogP contribution in [-0.2, 0) is 25.5 Å². The fraction of sp³-hybridized carbons (Fsp3) is 0.579. The molecule has 8 heteroatoms. The number of fused-ring (bicyclic) bond motifs is 1. The van der Waals surface area contributed by atoms with E-state index in [-0.39, 0.29) is 6.04 Å². The number of hydrogen-bond donors (Lipinski definition) is 2. The van der Waals surface area contributed by atoms with Crippen LogP contribution < -0.4 is 0 Å². The molecule has 4 heterocycles. The van der Waals surface area contributed by atoms with E-state index >= 15 is 0 Å². The largest absolute Gasteiger partial charge is 0.481 e. The maximum absolute atomic E-state index is 13.2. The maximum Gasteiger partial charge on any atom is 0.329 e. The van der Waals surface area contributed by atoms with Crippen molar-refractivity contribution in [2.24, 2.45) is 11.8 Å². The molecule has 1 amide bonds. The van der Waals surface area contributed by atoms with Gasteiger partial charge in [0.15, 0.2) is 6.04 Å². The highest BCUT2D eigenvalue weighted by atomic mass is 16.5. The third-order valence-electron chi connectivity index (χ3n) is 6.33. The van der Waals surface area contributed by atoms with E-state index in [1.54, 1.807) is 12.4 Å². The van der Waals surface area contributed by atoms with Crippen LogP contribution in [0.4, 0.5) is 0 Å². The number of rotatable bonds is 6. The number of ether oxygens (including phenoxy) is 1. The highest BCUT2D eigenvalue weighted by molar-refractivity contribution is 5.96. The molecule has 8 nitrogen and oxygen atoms in total. The van der Waals surface area contributed by atoms with Crippen LogP contribution in [-0.4, -0.2) is 61.7 Å². The molecule has 2 N–H and O–H groups in total. The molecule has 3 aliphatic rings. The predicted molar refractivity (Wildman–Crippen MR) is 91.7 cm³/mol. The van der Waals surface area contributed by atoms with Crippen molar-refractivity contribution < 1.29 is 29.3 Å². The Morgan fingerprint density at radius 2 is 2.04 bits per heavy atom. The second-order valence-electron chi connectivity index (χ2n) is 7.72. The number of carboxylic acids is 2. The van der Waals surface area contributed by atoms with Crippen molar-refractivity contribution in [3.63, 3.8) is 0 Å². The van der Waals surface area contributed by atoms with Crippen LogP contribution in [0.15, 0.2) is 24.5 Å². The van der Waals surface area contributed by atoms with Gasteiger partial charge in [-0.3, -0.25) is 14.6 Å². The van der Waals surface area contributed by atoms with Gasteiger partial charge in [0.05, 0.1) is 17.9 Å². The summed E-state index contributed by atoms with van der Waals surface area (Å²) in [4.78, 5) is 42.3. The average Bonchev–Trinajstić information content (AvgIpc) is 3.27. The molecular weight excluding hydrogens is 352 g/mol. The van der Waals surface area contributed by atoms with Crippen LogP contribution >= 0.6 is 0 Å². The fourth-order valence-corrected chi connectivity index (χ4v) is 5.19. The topological polar surface area (TPSA) is 117 Å². The molecule has 6 atom stereocenters. The van der Waals surface area contributed by atoms with E-state index in [0.29, 0.717) is 25.7 Å². The molecule has 0 radical (unpaired) electrons. The third-order valence-corrected chi connectivity index (χ3v) is 6.33. The fourth-order valence-electron chi connectivity index (χ4n) is 5.19. The van der Waals surface area contributed by atoms with Crippen molar-refractivity contribution in [3.8, 4) is 0 Å². The van der Waals surface area contributed by atoms with Gasteiger partial charge in [0.25, 0.3) is 0 Å². The van der Waals surface area contributed by atoms with E-state index in [2.05, 4.69) is 4.98 Å². The third kappa shape index (κ3) is 2.54. The zero-order chi connectivity index (χ0) is 19.3. The number of aryl methyl sites for hydroxylation is 1. The molecule has 3 saturated heterocycles. The first-order valence-electron chi connectivity index (χ1n) is 9.21. The number of aromatic nitrogens is 1. The Bertz CT molecular complexity index is 784. The first kappa shape index (κ1) is 17.9. The Balaban J connectivity index is 1.62. The van der Waals surface area contributed by atoms with Gasteiger partial charge in [0, 0.05) is 18.4 Å². The van der Waals surface area contributed by atoms with Gasteiger partial charge in [-0.1, -0.05) is 0 Å². The Morgan fingerprint density at radius 3 is 2.67 bits per heavy atom. The Morgan fingerprint density at radius 1 is 1.33 bits per heavy atom. The summed E-state index contributed by atoms with van der Waals surface area (Å²) in [6.07, 6.45) is 4.93. The van der Waals surface area contributed by atoms with Gasteiger partial charge in [-0.25, -0.2) is 4.79 Å². The number of carboxylic acid groups (broad SMARTS) is 2. The highest BCUT2D eigenvalue weighted by Gasteiger charge is 2.75. The van der Waals surface area contributed by atoms with Gasteiger partial charge < -0.3 is 19.8 Å². The molecule has 1 aromatic rings. The molecule has 144 valence electrons. The van der Waals surface area contributed by atoms with Gasteiger partial charge in [-0.05, 0) is 50.3 Å². The molecule has 6 unspecified atom stereocenters. The van der Waals surface area contributed by atoms with Crippen molar-refractivity contribution in [3.05, 3.63) is 30.1 Å². The number of pyridine rings is 1. The lowest BCUT2D eigenvalue weighted by molar-refractivity contribution is -0.156. The molecule has 0 aliphatic carbocycles. The van der Waals surface area contributed by atoms with E-state index in [0.717, 1.165) is 5.56 Å². The summed E-state index contributed by atoms with van der Waals surface area (Å²) in [5.74, 6) is -4.51. The molecule has 3 aliphatic heterocycles. The number of amides is 1. The van der Waals surface area contributed by atoms with Gasteiger partial charge in [-0.2, -0.15) is 0 Å². The molecule has 0 aromatic carbocycles. The molecule has 4 rings (SSSR count). The Labute approximate surface area is 156 Å². The molecule has 2 bridgehead atoms. The van der Waals surface area contributed by atoms with Crippen LogP contribution in [0.1, 0.15) is 31.7 Å². The number of carbonyl (C=O) groups is 3. The Hall–Kier alpha value is -2.48. The van der Waals surface area contributed by atoms with Crippen LogP contribution in [0, 0.1) is 11.8 Å². The van der Waals surface area contributed by atoms with Gasteiger partial charge in [0.1, 0.15) is 5.60 Å². The molecular formula is C19H22N2O6. The standard InChI is InChI=1S/C19H22N2O6/c1-10(2-3-11-5-8-20-9-6-11)21-15(18(25)26)19-7-4-12(27-19)13(17(23)24)14(19)16(21)22/h5-6,8-10,12-15H,2-4,7H2,1H3,(H,23,24)(H,25,26). The van der Waals surface area contributed by atoms with Crippen molar-refractivity contribution >= 4 is 17.8 Å². The zero-order valence-electron chi connectivity index (χ0n) is 14.9. The van der Waals surface area contributed by atoms with Gasteiger partial charge in [-0.15, -0.1) is 0 Å². The number of aliphatic carboxylic acids is 2. The average molecular weight is 374 g/mol. The van der Waals surface area contributed by atoms with E-state index in [1.165, 1.54) is 4.90 Å². The molecule has 0 saturated carbocycles. The zero-order valence-corrected chi connectivity index (χ0v) is 14.9. The van der Waals surface area contributed by atoms with Gasteiger partial charge in [0.2, 0.25) is 5.91 Å². The van der Waals surface area contributed by atoms with Crippen LogP contribution in [0.2, 0.25) is 0 Å². The Kier molecular flexibility index (Phi) is 4.18. The lowest BCUT2D eigenvalue weighted by Gasteiger charge is -2.34. The predicted octanol–water partition coefficient (Wildman–Crippen LogP) is 0.946. The summed E-state index contributed by atoms with van der Waals surface area (Å²) in [6.45, 7) is 1.81. The van der Waals surface area contributed by atoms with E-state index in [1.807, 2.05) is 19.1 Å². The van der Waals surface area contributed by atoms with Crippen molar-refractivity contribution in [1.82, 2.24) is 9.88 Å². The highest BCUT2D eigenvalue weighted by Crippen LogP contribution is 2.58. The second-order valence-corrected chi connectivity index (χ2v) is 7.72. The lowest BCUT2D eigenvalue weighted by atomic mass is 9.71. The van der Waals surface area contributed by atoms with Crippen molar-refractivity contribution in [2.45, 2.75) is 56.4 Å². The molecule has 1 aromatic heterocycles. The quantitative estimate of drug-likeness (QED) is 0.761. The van der Waals surface area contributed by atoms with E-state index in [9.17, 15) is 24.6 Å². The minimum atomic E-state index is -1.22. The first-order chi connectivity index (χ1) is 12.9. The molecule has 1 spiro atoms. The molecule has 27 heavy (non-hydrogen) atoms. The number of nitrogens with zero attached hydrogens (tertiary/aromatic N) is 2. The van der Waals surface area contributed by atoms with E-state index < -0.39 is 47.4 Å². The van der Waals surface area contributed by atoms with Crippen LogP contribution in [0.5, 0.6) is 0 Å². The summed E-state index contributed by atoms with van der Waals surface area (Å²) < 4.78 is 5.91. The van der Waals surface area contributed by atoms with E-state index in [4.69, 9.17) is 4.74 Å². The maximum atomic E-state index is 13.2. The number of hydrogen-bond acceptors (Lipinski definition) is 5. The van der Waals surface area contributed by atoms with Crippen molar-refractivity contribution in [1.29, 1.82) is 0 Å². The summed E-state index contributed by atoms with van der Waals surface area (Å²) in [5, 5.41) is 19.5. The monoisotopic (exact) mass is 374 g/mol. The molecule has 3 fully saturated rings. The second kappa shape index (κ2) is 6.30. The summed E-state index contributed by atoms with van der Waals surface area (Å²) in [5.41, 5.74) is -0.170. The first-order valence-corrected chi connectivity index (χ1v) is 9.21. The normalized spacial score (nSPS) is 35.3. The lowest BCUT2D eigenvalue weighted by Crippen LogP contribution is -2.53. The minimum Gasteiger partial charge on any atom is -0.481 e. The van der Waals surface area contributed by atoms with Crippen molar-refractivity contribution in [2.75, 3.05) is 0 Å². The van der Waals surface area contributed by atoms with Crippen LogP contribution in [0.25, 0.3) is 0 Å². The smallest absolute Gasteiger partial charge is 0.329 e. The summed E-state index contributed by atoms with van der Waals surface area (Å²) >= 11 is 0.